The average molecular weight is 272 g/mol. The second-order valence-electron chi connectivity index (χ2n) is 4.94. The number of rotatable bonds is 8. The van der Waals surface area contributed by atoms with Gasteiger partial charge in [-0.25, -0.2) is 9.67 Å². The molecule has 0 aromatic carbocycles. The summed E-state index contributed by atoms with van der Waals surface area (Å²) in [5.74, 6) is 0. The summed E-state index contributed by atoms with van der Waals surface area (Å²) in [6, 6.07) is 0. The monoisotopic (exact) mass is 272 g/mol. The van der Waals surface area contributed by atoms with Gasteiger partial charge in [-0.1, -0.05) is 25.6 Å². The molecule has 5 nitrogen and oxygen atoms in total. The Bertz CT molecular complexity index is 358. The van der Waals surface area contributed by atoms with Crippen LogP contribution in [-0.2, 0) is 7.05 Å². The minimum atomic E-state index is -0.221. The molecule has 0 aliphatic heterocycles. The third-order valence-corrected chi connectivity index (χ3v) is 4.01. The molecule has 0 radical (unpaired) electrons. The number of thioether (sulfide) groups is 1. The first-order chi connectivity index (χ1) is 8.50. The first-order valence-corrected chi connectivity index (χ1v) is 7.25. The highest BCUT2D eigenvalue weighted by Gasteiger charge is 2.26. The van der Waals surface area contributed by atoms with Crippen LogP contribution in [0.3, 0.4) is 0 Å². The zero-order valence-corrected chi connectivity index (χ0v) is 12.5. The Morgan fingerprint density at radius 3 is 2.83 bits per heavy atom. The molecule has 0 amide bonds. The first-order valence-electron chi connectivity index (χ1n) is 6.37. The quantitative estimate of drug-likeness (QED) is 0.701. The van der Waals surface area contributed by atoms with Crippen molar-refractivity contribution in [1.82, 2.24) is 20.1 Å². The highest BCUT2D eigenvalue weighted by molar-refractivity contribution is 7.99. The van der Waals surface area contributed by atoms with E-state index >= 15 is 0 Å². The third kappa shape index (κ3) is 4.59. The molecule has 0 saturated heterocycles. The molecule has 1 aromatic heterocycles. The molecule has 0 bridgehead atoms. The van der Waals surface area contributed by atoms with Gasteiger partial charge in [0.2, 0.25) is 0 Å². The van der Waals surface area contributed by atoms with Gasteiger partial charge in [0.15, 0.2) is 5.16 Å². The molecule has 0 saturated carbocycles. The third-order valence-electron chi connectivity index (χ3n) is 2.87. The van der Waals surface area contributed by atoms with Crippen LogP contribution in [0.5, 0.6) is 0 Å². The number of hydrogen-bond acceptors (Lipinski definition) is 5. The molecular weight excluding hydrogens is 248 g/mol. The molecule has 104 valence electrons. The van der Waals surface area contributed by atoms with E-state index < -0.39 is 0 Å². The molecule has 0 spiro atoms. The van der Waals surface area contributed by atoms with Crippen molar-refractivity contribution in [3.8, 4) is 0 Å². The highest BCUT2D eigenvalue weighted by Crippen LogP contribution is 2.26. The summed E-state index contributed by atoms with van der Waals surface area (Å²) >= 11 is 1.69. The molecule has 2 unspecified atom stereocenters. The van der Waals surface area contributed by atoms with Crippen LogP contribution in [0.4, 0.5) is 0 Å². The fraction of sp³-hybridized carbons (Fsp3) is 0.833. The smallest absolute Gasteiger partial charge is 0.186 e. The van der Waals surface area contributed by atoms with Crippen molar-refractivity contribution in [3.05, 3.63) is 6.33 Å². The predicted octanol–water partition coefficient (Wildman–Crippen LogP) is 1.44. The Morgan fingerprint density at radius 1 is 1.61 bits per heavy atom. The molecule has 0 fully saturated rings. The summed E-state index contributed by atoms with van der Waals surface area (Å²) in [6.45, 7) is 7.43. The number of hydrogen-bond donors (Lipinski definition) is 2. The largest absolute Gasteiger partial charge is 0.394 e. The van der Waals surface area contributed by atoms with Gasteiger partial charge in [0.05, 0.1) is 6.61 Å². The minimum absolute atomic E-state index is 0.150. The van der Waals surface area contributed by atoms with Crippen LogP contribution in [0.1, 0.15) is 33.6 Å². The fourth-order valence-corrected chi connectivity index (χ4v) is 2.99. The number of aryl methyl sites for hydroxylation is 1. The van der Waals surface area contributed by atoms with Crippen LogP contribution in [0.2, 0.25) is 0 Å². The Kier molecular flexibility index (Phi) is 6.11. The summed E-state index contributed by atoms with van der Waals surface area (Å²) < 4.78 is 1.77. The molecule has 1 heterocycles. The van der Waals surface area contributed by atoms with Gasteiger partial charge in [0.25, 0.3) is 0 Å². The van der Waals surface area contributed by atoms with Crippen LogP contribution >= 0.6 is 11.8 Å². The predicted molar refractivity (Wildman–Crippen MR) is 74.7 cm³/mol. The van der Waals surface area contributed by atoms with E-state index in [1.807, 2.05) is 7.05 Å². The normalized spacial score (nSPS) is 16.5. The van der Waals surface area contributed by atoms with E-state index in [9.17, 15) is 5.11 Å². The van der Waals surface area contributed by atoms with Crippen LogP contribution in [0.25, 0.3) is 0 Å². The van der Waals surface area contributed by atoms with Gasteiger partial charge in [0, 0.05) is 17.8 Å². The molecule has 1 aromatic rings. The zero-order chi connectivity index (χ0) is 13.6. The van der Waals surface area contributed by atoms with Crippen LogP contribution in [0, 0.1) is 0 Å². The molecule has 0 aliphatic carbocycles. The van der Waals surface area contributed by atoms with Crippen LogP contribution < -0.4 is 5.32 Å². The summed E-state index contributed by atoms with van der Waals surface area (Å²) in [6.07, 6.45) is 3.52. The lowest BCUT2D eigenvalue weighted by atomic mass is 9.97. The van der Waals surface area contributed by atoms with Gasteiger partial charge in [0.1, 0.15) is 6.33 Å². The van der Waals surface area contributed by atoms with E-state index in [1.54, 1.807) is 22.8 Å². The van der Waals surface area contributed by atoms with E-state index in [-0.39, 0.29) is 12.1 Å². The lowest BCUT2D eigenvalue weighted by molar-refractivity contribution is 0.166. The maximum absolute atomic E-state index is 9.54. The maximum Gasteiger partial charge on any atom is 0.186 e. The van der Waals surface area contributed by atoms with E-state index in [0.717, 1.165) is 24.5 Å². The van der Waals surface area contributed by atoms with Gasteiger partial charge < -0.3 is 10.4 Å². The Hall–Kier alpha value is -0.590. The van der Waals surface area contributed by atoms with Gasteiger partial charge >= 0.3 is 0 Å². The number of aromatic nitrogens is 3. The van der Waals surface area contributed by atoms with Crippen LogP contribution in [-0.4, -0.2) is 43.8 Å². The standard InChI is InChI=1S/C12H24N4OS/c1-5-6-14-12(3,8-17)7-10(2)18-11-13-9-15-16(11)4/h9-10,14,17H,5-8H2,1-4H3. The molecule has 18 heavy (non-hydrogen) atoms. The second kappa shape index (κ2) is 7.11. The van der Waals surface area contributed by atoms with Gasteiger partial charge in [-0.3, -0.25) is 0 Å². The molecule has 1 rings (SSSR count). The summed E-state index contributed by atoms with van der Waals surface area (Å²) in [4.78, 5) is 4.21. The lowest BCUT2D eigenvalue weighted by Gasteiger charge is -2.31. The van der Waals surface area contributed by atoms with Crippen molar-refractivity contribution in [2.75, 3.05) is 13.2 Å². The SMILES string of the molecule is CCCNC(C)(CO)CC(C)Sc1ncnn1C. The van der Waals surface area contributed by atoms with Crippen molar-refractivity contribution in [2.24, 2.45) is 7.05 Å². The maximum atomic E-state index is 9.54. The summed E-state index contributed by atoms with van der Waals surface area (Å²) in [5.41, 5.74) is -0.221. The molecule has 2 atom stereocenters. The number of nitrogens with zero attached hydrogens (tertiary/aromatic N) is 3. The Morgan fingerprint density at radius 2 is 2.33 bits per heavy atom. The van der Waals surface area contributed by atoms with Gasteiger partial charge in [-0.15, -0.1) is 0 Å². The Balaban J connectivity index is 2.51. The van der Waals surface area contributed by atoms with E-state index in [4.69, 9.17) is 0 Å². The minimum Gasteiger partial charge on any atom is -0.394 e. The molecule has 6 heteroatoms. The highest BCUT2D eigenvalue weighted by atomic mass is 32.2. The average Bonchev–Trinajstić information content (AvgIpc) is 2.72. The zero-order valence-electron chi connectivity index (χ0n) is 11.7. The van der Waals surface area contributed by atoms with Crippen molar-refractivity contribution >= 4 is 11.8 Å². The van der Waals surface area contributed by atoms with Gasteiger partial charge in [-0.05, 0) is 26.3 Å². The van der Waals surface area contributed by atoms with Crippen molar-refractivity contribution in [3.63, 3.8) is 0 Å². The topological polar surface area (TPSA) is 63.0 Å². The Labute approximate surface area is 113 Å². The second-order valence-corrected chi connectivity index (χ2v) is 6.35. The molecule has 2 N–H and O–H groups in total. The van der Waals surface area contributed by atoms with E-state index in [2.05, 4.69) is 36.2 Å². The van der Waals surface area contributed by atoms with Crippen molar-refractivity contribution in [2.45, 2.75) is 49.6 Å². The van der Waals surface area contributed by atoms with E-state index in [1.165, 1.54) is 0 Å². The molecule has 0 aliphatic rings. The number of aliphatic hydroxyl groups is 1. The molecular formula is C12H24N4OS. The summed E-state index contributed by atoms with van der Waals surface area (Å²) in [7, 11) is 1.89. The van der Waals surface area contributed by atoms with Crippen molar-refractivity contribution < 1.29 is 5.11 Å². The number of aliphatic hydroxyl groups excluding tert-OH is 1. The number of nitrogens with one attached hydrogen (secondary N) is 1. The fourth-order valence-electron chi connectivity index (χ4n) is 1.87. The first kappa shape index (κ1) is 15.5. The van der Waals surface area contributed by atoms with Crippen molar-refractivity contribution in [1.29, 1.82) is 0 Å². The summed E-state index contributed by atoms with van der Waals surface area (Å²) in [5, 5.41) is 18.3. The lowest BCUT2D eigenvalue weighted by Crippen LogP contribution is -2.47. The van der Waals surface area contributed by atoms with Crippen LogP contribution in [0.15, 0.2) is 11.5 Å². The van der Waals surface area contributed by atoms with Gasteiger partial charge in [-0.2, -0.15) is 5.10 Å². The van der Waals surface area contributed by atoms with E-state index in [0.29, 0.717) is 5.25 Å².